The molecule has 25 heavy (non-hydrogen) atoms. The van der Waals surface area contributed by atoms with Gasteiger partial charge in [-0.2, -0.15) is 0 Å². The monoisotopic (exact) mass is 368 g/mol. The minimum absolute atomic E-state index is 0.167. The molecule has 2 aliphatic heterocycles. The predicted octanol–water partition coefficient (Wildman–Crippen LogP) is 1.62. The van der Waals surface area contributed by atoms with Crippen molar-refractivity contribution in [1.82, 2.24) is 4.90 Å². The molecule has 2 heterocycles. The van der Waals surface area contributed by atoms with E-state index in [1.54, 1.807) is 30.0 Å². The van der Waals surface area contributed by atoms with E-state index in [1.807, 2.05) is 0 Å². The fourth-order valence-corrected chi connectivity index (χ4v) is 4.51. The van der Waals surface area contributed by atoms with Gasteiger partial charge in [0.15, 0.2) is 11.5 Å². The molecule has 8 heteroatoms. The van der Waals surface area contributed by atoms with E-state index in [2.05, 4.69) is 0 Å². The van der Waals surface area contributed by atoms with E-state index in [-0.39, 0.29) is 5.91 Å². The SMILES string of the molecule is CC(C(=O)N1CCCCC1)N(c1ccc2c(c1)OCCO2)S(C)(=O)=O. The molecule has 1 fully saturated rings. The molecule has 1 aromatic carbocycles. The first kappa shape index (κ1) is 17.8. The Morgan fingerprint density at radius 2 is 1.76 bits per heavy atom. The first-order valence-corrected chi connectivity index (χ1v) is 10.4. The molecule has 0 N–H and O–H groups in total. The first-order chi connectivity index (χ1) is 11.9. The highest BCUT2D eigenvalue weighted by Gasteiger charge is 2.33. The van der Waals surface area contributed by atoms with Gasteiger partial charge in [-0.05, 0) is 38.3 Å². The van der Waals surface area contributed by atoms with Gasteiger partial charge in [-0.25, -0.2) is 8.42 Å². The van der Waals surface area contributed by atoms with Crippen molar-refractivity contribution in [2.75, 3.05) is 36.9 Å². The van der Waals surface area contributed by atoms with E-state index in [0.717, 1.165) is 25.5 Å². The number of carbonyl (C=O) groups excluding carboxylic acids is 1. The van der Waals surface area contributed by atoms with Gasteiger partial charge in [0, 0.05) is 19.2 Å². The standard InChI is InChI=1S/C17H24N2O5S/c1-13(17(20)18-8-4-3-5-9-18)19(25(2,21)22)14-6-7-15-16(12-14)24-11-10-23-15/h6-7,12-13H,3-5,8-11H2,1-2H3. The molecule has 1 amide bonds. The van der Waals surface area contributed by atoms with Gasteiger partial charge in [-0.1, -0.05) is 0 Å². The van der Waals surface area contributed by atoms with Crippen molar-refractivity contribution in [3.05, 3.63) is 18.2 Å². The third-order valence-electron chi connectivity index (χ3n) is 4.51. The number of anilines is 1. The fourth-order valence-electron chi connectivity index (χ4n) is 3.35. The van der Waals surface area contributed by atoms with Gasteiger partial charge in [0.25, 0.3) is 0 Å². The Kier molecular flexibility index (Phi) is 5.08. The molecule has 0 spiro atoms. The van der Waals surface area contributed by atoms with Crippen molar-refractivity contribution in [3.63, 3.8) is 0 Å². The number of hydrogen-bond acceptors (Lipinski definition) is 5. The summed E-state index contributed by atoms with van der Waals surface area (Å²) < 4.78 is 37.0. The molecule has 0 aromatic heterocycles. The summed E-state index contributed by atoms with van der Waals surface area (Å²) in [6.45, 7) is 3.88. The van der Waals surface area contributed by atoms with E-state index >= 15 is 0 Å². The number of benzene rings is 1. The van der Waals surface area contributed by atoms with Crippen molar-refractivity contribution in [2.24, 2.45) is 0 Å². The minimum Gasteiger partial charge on any atom is -0.486 e. The fraction of sp³-hybridized carbons (Fsp3) is 0.588. The molecule has 1 saturated heterocycles. The van der Waals surface area contributed by atoms with E-state index in [9.17, 15) is 13.2 Å². The summed E-state index contributed by atoms with van der Waals surface area (Å²) >= 11 is 0. The Hall–Kier alpha value is -1.96. The number of sulfonamides is 1. The molecule has 1 unspecified atom stereocenters. The zero-order valence-corrected chi connectivity index (χ0v) is 15.4. The third-order valence-corrected chi connectivity index (χ3v) is 5.76. The number of carbonyl (C=O) groups is 1. The van der Waals surface area contributed by atoms with Gasteiger partial charge >= 0.3 is 0 Å². The Morgan fingerprint density at radius 1 is 1.12 bits per heavy atom. The van der Waals surface area contributed by atoms with E-state index in [0.29, 0.717) is 43.5 Å². The molecular formula is C17H24N2O5S. The maximum absolute atomic E-state index is 12.8. The first-order valence-electron chi connectivity index (χ1n) is 8.56. The van der Waals surface area contributed by atoms with Crippen LogP contribution in [0.5, 0.6) is 11.5 Å². The number of hydrogen-bond donors (Lipinski definition) is 0. The maximum atomic E-state index is 12.8. The molecule has 138 valence electrons. The molecule has 7 nitrogen and oxygen atoms in total. The Labute approximate surface area is 148 Å². The summed E-state index contributed by atoms with van der Waals surface area (Å²) in [5.41, 5.74) is 0.407. The highest BCUT2D eigenvalue weighted by atomic mass is 32.2. The van der Waals surface area contributed by atoms with Gasteiger partial charge in [0.05, 0.1) is 11.9 Å². The molecule has 0 saturated carbocycles. The normalized spacial score (nSPS) is 18.6. The zero-order chi connectivity index (χ0) is 18.0. The average molecular weight is 368 g/mol. The minimum atomic E-state index is -3.64. The van der Waals surface area contributed by atoms with Gasteiger partial charge < -0.3 is 14.4 Å². The average Bonchev–Trinajstić information content (AvgIpc) is 2.60. The van der Waals surface area contributed by atoms with Crippen LogP contribution in [0.1, 0.15) is 26.2 Å². The maximum Gasteiger partial charge on any atom is 0.246 e. The Balaban J connectivity index is 1.91. The van der Waals surface area contributed by atoms with Crippen molar-refractivity contribution < 1.29 is 22.7 Å². The van der Waals surface area contributed by atoms with Crippen molar-refractivity contribution >= 4 is 21.6 Å². The van der Waals surface area contributed by atoms with Crippen LogP contribution in [0.3, 0.4) is 0 Å². The number of piperidine rings is 1. The second-order valence-corrected chi connectivity index (χ2v) is 8.31. The van der Waals surface area contributed by atoms with E-state index < -0.39 is 16.1 Å². The molecule has 3 rings (SSSR count). The van der Waals surface area contributed by atoms with E-state index in [1.165, 1.54) is 4.31 Å². The summed E-state index contributed by atoms with van der Waals surface area (Å²) in [5.74, 6) is 0.911. The van der Waals surface area contributed by atoms with Crippen LogP contribution < -0.4 is 13.8 Å². The lowest BCUT2D eigenvalue weighted by Crippen LogP contribution is -2.50. The number of rotatable bonds is 4. The topological polar surface area (TPSA) is 76.2 Å². The summed E-state index contributed by atoms with van der Waals surface area (Å²) in [6, 6.07) is 4.14. The lowest BCUT2D eigenvalue weighted by atomic mass is 10.1. The molecule has 0 bridgehead atoms. The number of likely N-dealkylation sites (tertiary alicyclic amines) is 1. The van der Waals surface area contributed by atoms with Crippen molar-refractivity contribution in [1.29, 1.82) is 0 Å². The highest BCUT2D eigenvalue weighted by Crippen LogP contribution is 2.35. The summed E-state index contributed by atoms with van der Waals surface area (Å²) in [7, 11) is -3.64. The van der Waals surface area contributed by atoms with Crippen molar-refractivity contribution in [2.45, 2.75) is 32.2 Å². The molecular weight excluding hydrogens is 344 g/mol. The molecule has 1 aromatic rings. The van der Waals surface area contributed by atoms with Gasteiger partial charge in [0.1, 0.15) is 19.3 Å². The highest BCUT2D eigenvalue weighted by molar-refractivity contribution is 7.92. The molecule has 2 aliphatic rings. The smallest absolute Gasteiger partial charge is 0.246 e. The molecule has 0 aliphatic carbocycles. The van der Waals surface area contributed by atoms with Gasteiger partial charge in [-0.15, -0.1) is 0 Å². The Bertz CT molecular complexity index is 743. The van der Waals surface area contributed by atoms with Crippen LogP contribution in [0.4, 0.5) is 5.69 Å². The van der Waals surface area contributed by atoms with Crippen LogP contribution in [0.25, 0.3) is 0 Å². The Morgan fingerprint density at radius 3 is 2.40 bits per heavy atom. The van der Waals surface area contributed by atoms with Crippen molar-refractivity contribution in [3.8, 4) is 11.5 Å². The zero-order valence-electron chi connectivity index (χ0n) is 14.6. The number of ether oxygens (including phenoxy) is 2. The summed E-state index contributed by atoms with van der Waals surface area (Å²) in [6.07, 6.45) is 4.14. The predicted molar refractivity (Wildman–Crippen MR) is 94.6 cm³/mol. The van der Waals surface area contributed by atoms with Crippen LogP contribution in [0, 0.1) is 0 Å². The molecule has 0 radical (unpaired) electrons. The van der Waals surface area contributed by atoms with Crippen LogP contribution >= 0.6 is 0 Å². The quantitative estimate of drug-likeness (QED) is 0.807. The van der Waals surface area contributed by atoms with Crippen LogP contribution in [-0.2, 0) is 14.8 Å². The lowest BCUT2D eigenvalue weighted by molar-refractivity contribution is -0.132. The second kappa shape index (κ2) is 7.11. The number of nitrogens with zero attached hydrogens (tertiary/aromatic N) is 2. The number of fused-ring (bicyclic) bond motifs is 1. The lowest BCUT2D eigenvalue weighted by Gasteiger charge is -2.34. The van der Waals surface area contributed by atoms with E-state index in [4.69, 9.17) is 9.47 Å². The van der Waals surface area contributed by atoms with Crippen LogP contribution in [0.15, 0.2) is 18.2 Å². The van der Waals surface area contributed by atoms with Crippen LogP contribution in [-0.4, -0.2) is 57.8 Å². The third kappa shape index (κ3) is 3.84. The van der Waals surface area contributed by atoms with Gasteiger partial charge in [0.2, 0.25) is 15.9 Å². The summed E-state index contributed by atoms with van der Waals surface area (Å²) in [4.78, 5) is 14.6. The van der Waals surface area contributed by atoms with Crippen LogP contribution in [0.2, 0.25) is 0 Å². The second-order valence-electron chi connectivity index (χ2n) is 6.45. The largest absolute Gasteiger partial charge is 0.486 e. The van der Waals surface area contributed by atoms with Gasteiger partial charge in [-0.3, -0.25) is 9.10 Å². The number of amides is 1. The summed E-state index contributed by atoms with van der Waals surface area (Å²) in [5, 5.41) is 0. The molecule has 1 atom stereocenters.